The summed E-state index contributed by atoms with van der Waals surface area (Å²) < 4.78 is 36.1. The SMILES string of the molecule is OCCC1OC(O)/C(O)=C(\O)[C@@H](CCO)OC(O)/C(O)=C(\O)C(CCO)OC(O)/C(O)=C(/O)C(CCO)OC2OC(CO)C(O/C(O)=C(/O)C(CCO)O/C(O)=C/1O)C(O)C2O. The van der Waals surface area contributed by atoms with Gasteiger partial charge in [0.2, 0.25) is 30.4 Å². The van der Waals surface area contributed by atoms with E-state index in [0.29, 0.717) is 0 Å². The Balaban J connectivity index is 2.82. The average molecular weight is 913 g/mol. The zero-order chi connectivity index (χ0) is 47.0. The maximum absolute atomic E-state index is 10.9. The van der Waals surface area contributed by atoms with Crippen LogP contribution in [0.5, 0.6) is 0 Å². The predicted octanol–water partition coefficient (Wildman–Crippen LogP) is -3.83. The number of aliphatic hydroxyl groups excluding tert-OH is 21. The summed E-state index contributed by atoms with van der Waals surface area (Å²) in [6.07, 6.45) is -32.7. The molecule has 21 N–H and O–H groups in total. The Hall–Kier alpha value is -4.34. The lowest BCUT2D eigenvalue weighted by atomic mass is 9.98. The maximum atomic E-state index is 10.9. The summed E-state index contributed by atoms with van der Waals surface area (Å²) in [5.74, 6) is -14.9. The predicted molar refractivity (Wildman–Crippen MR) is 195 cm³/mol. The molecular weight excluding hydrogens is 856 g/mol. The monoisotopic (exact) mass is 912 g/mol. The second-order valence-electron chi connectivity index (χ2n) is 13.2. The zero-order valence-corrected chi connectivity index (χ0v) is 32.5. The number of rotatable bonds is 11. The van der Waals surface area contributed by atoms with E-state index < -0.39 is 210 Å². The normalized spacial score (nSPS) is 39.7. The minimum atomic E-state index is -2.75. The van der Waals surface area contributed by atoms with Crippen molar-refractivity contribution in [2.75, 3.05) is 39.6 Å². The number of ether oxygens (including phenoxy) is 7. The quantitative estimate of drug-likeness (QED) is 0.0944. The van der Waals surface area contributed by atoms with Crippen LogP contribution in [0.2, 0.25) is 0 Å². The van der Waals surface area contributed by atoms with E-state index in [1.54, 1.807) is 0 Å². The molecule has 0 amide bonds. The largest absolute Gasteiger partial charge is 0.506 e. The molecule has 1 fully saturated rings. The Bertz CT molecular complexity index is 1540. The zero-order valence-electron chi connectivity index (χ0n) is 32.5. The fraction of sp³-hybridized carbons (Fsp3) is 0.706. The number of aliphatic hydroxyl groups is 21. The third kappa shape index (κ3) is 14.1. The van der Waals surface area contributed by atoms with E-state index in [9.17, 15) is 107 Å². The Kier molecular flexibility index (Phi) is 22.3. The molecule has 3 heterocycles. The van der Waals surface area contributed by atoms with E-state index in [4.69, 9.17) is 33.2 Å². The van der Waals surface area contributed by atoms with E-state index in [1.807, 2.05) is 0 Å². The second kappa shape index (κ2) is 25.7. The van der Waals surface area contributed by atoms with Gasteiger partial charge in [0.05, 0.1) is 6.61 Å². The first-order valence-electron chi connectivity index (χ1n) is 18.5. The lowest BCUT2D eigenvalue weighted by molar-refractivity contribution is -0.316. The van der Waals surface area contributed by atoms with E-state index in [-0.39, 0.29) is 0 Å². The maximum Gasteiger partial charge on any atom is 0.320 e. The first-order valence-corrected chi connectivity index (χ1v) is 18.5. The molecule has 1 saturated heterocycles. The number of fused-ring (bicyclic) bond motifs is 20. The van der Waals surface area contributed by atoms with Crippen LogP contribution in [0.25, 0.3) is 0 Å². The summed E-state index contributed by atoms with van der Waals surface area (Å²) in [6.45, 7) is -5.55. The van der Waals surface area contributed by atoms with Crippen molar-refractivity contribution in [1.82, 2.24) is 0 Å². The van der Waals surface area contributed by atoms with Crippen LogP contribution in [-0.2, 0) is 33.2 Å². The molecule has 0 aliphatic carbocycles. The Morgan fingerprint density at radius 1 is 0.339 bits per heavy atom. The van der Waals surface area contributed by atoms with Crippen LogP contribution in [0.15, 0.2) is 58.0 Å². The van der Waals surface area contributed by atoms with Gasteiger partial charge >= 0.3 is 11.9 Å². The molecule has 3 aliphatic heterocycles. The van der Waals surface area contributed by atoms with Crippen molar-refractivity contribution in [2.24, 2.45) is 0 Å². The van der Waals surface area contributed by atoms with Gasteiger partial charge in [-0.15, -0.1) is 0 Å². The first-order chi connectivity index (χ1) is 29.2. The third-order valence-corrected chi connectivity index (χ3v) is 8.91. The van der Waals surface area contributed by atoms with E-state index in [2.05, 4.69) is 0 Å². The van der Waals surface area contributed by atoms with Gasteiger partial charge in [0, 0.05) is 65.1 Å². The van der Waals surface area contributed by atoms with Crippen molar-refractivity contribution in [2.45, 2.75) is 112 Å². The highest BCUT2D eigenvalue weighted by atomic mass is 16.7. The Morgan fingerprint density at radius 3 is 1.03 bits per heavy atom. The lowest BCUT2D eigenvalue weighted by Gasteiger charge is -2.42. The standard InChI is InChI=1S/C34H56O28/c35-6-1-12-18(41)24(47)31(53)56-13(2-7-36)19(42)25(48)33(55)59-15(4-9-38)21(44)29(51)58-16(5-10-39)22(45)30(52)62-28-17(11-40)61-34(27(50)23(28)46)60-14(3-8-37)20(43)26(49)32(54)57-12/h12-17,23,27-28,31-55H,1-11H2/b24-18+,25-19+,26-20-,29-21-,30-22+/t12?,13-,14?,15?,16?,17?,23?,27?,28?,31?,32?,33?,34?/m1/s1. The molecule has 0 aromatic carbocycles. The third-order valence-electron chi connectivity index (χ3n) is 8.91. The van der Waals surface area contributed by atoms with Gasteiger partial charge in [0.15, 0.2) is 53.1 Å². The van der Waals surface area contributed by atoms with Crippen molar-refractivity contribution in [3.63, 3.8) is 0 Å². The number of hydrogen-bond acceptors (Lipinski definition) is 28. The molecule has 360 valence electrons. The summed E-state index contributed by atoms with van der Waals surface area (Å²) in [7, 11) is 0. The van der Waals surface area contributed by atoms with Crippen LogP contribution in [0.3, 0.4) is 0 Å². The molecule has 28 nitrogen and oxygen atoms in total. The van der Waals surface area contributed by atoms with Crippen LogP contribution in [0.4, 0.5) is 0 Å². The topological polar surface area (TPSA) is 489 Å². The van der Waals surface area contributed by atoms with E-state index in [1.165, 1.54) is 0 Å². The summed E-state index contributed by atoms with van der Waals surface area (Å²) in [5.41, 5.74) is 0. The van der Waals surface area contributed by atoms with Crippen molar-refractivity contribution >= 4 is 0 Å². The number of hydrogen-bond donors (Lipinski definition) is 21. The van der Waals surface area contributed by atoms with Crippen molar-refractivity contribution in [3.8, 4) is 0 Å². The van der Waals surface area contributed by atoms with Crippen molar-refractivity contribution in [3.05, 3.63) is 58.0 Å². The molecular formula is C34H56O28. The molecule has 0 saturated carbocycles. The molecule has 0 spiro atoms. The van der Waals surface area contributed by atoms with Crippen LogP contribution in [-0.4, -0.2) is 227 Å². The molecule has 62 heavy (non-hydrogen) atoms. The smallest absolute Gasteiger partial charge is 0.320 e. The fourth-order valence-electron chi connectivity index (χ4n) is 5.58. The highest BCUT2D eigenvalue weighted by molar-refractivity contribution is 5.13. The van der Waals surface area contributed by atoms with Gasteiger partial charge in [-0.25, -0.2) is 0 Å². The molecule has 12 unspecified atom stereocenters. The average Bonchev–Trinajstić information content (AvgIpc) is 3.25. The van der Waals surface area contributed by atoms with Crippen LogP contribution >= 0.6 is 0 Å². The van der Waals surface area contributed by atoms with Gasteiger partial charge in [0.25, 0.3) is 0 Å². The highest BCUT2D eigenvalue weighted by Gasteiger charge is 2.48. The second-order valence-corrected chi connectivity index (χ2v) is 13.2. The molecule has 28 heteroatoms. The molecule has 0 aromatic heterocycles. The molecule has 0 radical (unpaired) electrons. The summed E-state index contributed by atoms with van der Waals surface area (Å²) in [6, 6.07) is 0. The molecule has 0 aromatic rings. The van der Waals surface area contributed by atoms with Crippen molar-refractivity contribution in [1.29, 1.82) is 0 Å². The molecule has 3 rings (SSSR count). The summed E-state index contributed by atoms with van der Waals surface area (Å²) in [4.78, 5) is 0. The van der Waals surface area contributed by atoms with Crippen LogP contribution in [0.1, 0.15) is 32.1 Å². The van der Waals surface area contributed by atoms with E-state index in [0.717, 1.165) is 0 Å². The fourth-order valence-corrected chi connectivity index (χ4v) is 5.58. The van der Waals surface area contributed by atoms with Gasteiger partial charge in [0.1, 0.15) is 42.7 Å². The van der Waals surface area contributed by atoms with Gasteiger partial charge in [-0.3, -0.25) is 0 Å². The molecule has 2 bridgehead atoms. The Morgan fingerprint density at radius 2 is 0.661 bits per heavy atom. The molecule has 13 atom stereocenters. The van der Waals surface area contributed by atoms with Crippen LogP contribution < -0.4 is 0 Å². The van der Waals surface area contributed by atoms with Gasteiger partial charge in [-0.2, -0.15) is 0 Å². The summed E-state index contributed by atoms with van der Waals surface area (Å²) in [5, 5.41) is 218. The van der Waals surface area contributed by atoms with E-state index >= 15 is 0 Å². The lowest BCUT2D eigenvalue weighted by Crippen LogP contribution is -2.60. The highest BCUT2D eigenvalue weighted by Crippen LogP contribution is 2.31. The van der Waals surface area contributed by atoms with Crippen molar-refractivity contribution < 1.29 is 140 Å². The minimum Gasteiger partial charge on any atom is -0.506 e. The van der Waals surface area contributed by atoms with Gasteiger partial charge in [-0.1, -0.05) is 0 Å². The van der Waals surface area contributed by atoms with Gasteiger partial charge < -0.3 is 140 Å². The molecule has 3 aliphatic rings. The minimum absolute atomic E-state index is 0.680. The Labute approximate surface area is 350 Å². The first kappa shape index (κ1) is 53.8. The van der Waals surface area contributed by atoms with Crippen LogP contribution in [0, 0.1) is 0 Å². The van der Waals surface area contributed by atoms with Gasteiger partial charge in [-0.05, 0) is 0 Å². The summed E-state index contributed by atoms with van der Waals surface area (Å²) >= 11 is 0.